The lowest BCUT2D eigenvalue weighted by Gasteiger charge is -2.15. The minimum Gasteiger partial charge on any atom is -0.496 e. The van der Waals surface area contributed by atoms with Crippen LogP contribution in [-0.2, 0) is 4.79 Å². The molecule has 10 heteroatoms. The number of ketones is 1. The van der Waals surface area contributed by atoms with Crippen molar-refractivity contribution in [2.75, 3.05) is 32.4 Å². The van der Waals surface area contributed by atoms with E-state index in [2.05, 4.69) is 10.6 Å². The molecule has 0 saturated heterocycles. The molecule has 4 rings (SSSR count). The van der Waals surface area contributed by atoms with Gasteiger partial charge in [0.1, 0.15) is 11.4 Å². The van der Waals surface area contributed by atoms with Gasteiger partial charge in [-0.05, 0) is 72.8 Å². The van der Waals surface area contributed by atoms with E-state index in [1.54, 1.807) is 91.0 Å². The van der Waals surface area contributed by atoms with Crippen molar-refractivity contribution < 1.29 is 28.6 Å². The summed E-state index contributed by atoms with van der Waals surface area (Å²) in [7, 11) is 4.49. The van der Waals surface area contributed by atoms with E-state index in [0.717, 1.165) is 4.90 Å². The maximum absolute atomic E-state index is 13.5. The minimum atomic E-state index is -0.556. The first-order valence-corrected chi connectivity index (χ1v) is 14.4. The van der Waals surface area contributed by atoms with Crippen molar-refractivity contribution in [2.24, 2.45) is 0 Å². The predicted molar refractivity (Wildman–Crippen MR) is 170 cm³/mol. The number of Topliss-reactive ketones (excluding diaryl/α,β-unsaturated/α-hetero) is 1. The van der Waals surface area contributed by atoms with E-state index in [9.17, 15) is 14.4 Å². The summed E-state index contributed by atoms with van der Waals surface area (Å²) in [6.45, 7) is 0. The van der Waals surface area contributed by atoms with Gasteiger partial charge in [-0.2, -0.15) is 0 Å². The number of hydrogen-bond acceptors (Lipinski definition) is 7. The van der Waals surface area contributed by atoms with E-state index < -0.39 is 11.8 Å². The summed E-state index contributed by atoms with van der Waals surface area (Å²) in [5.41, 5.74) is 1.93. The number of carbonyl (C=O) groups is 3. The van der Waals surface area contributed by atoms with Crippen molar-refractivity contribution in [3.8, 4) is 17.2 Å². The number of hydrogen-bond donors (Lipinski definition) is 2. The van der Waals surface area contributed by atoms with Crippen molar-refractivity contribution >= 4 is 52.7 Å². The zero-order valence-electron chi connectivity index (χ0n) is 23.7. The van der Waals surface area contributed by atoms with Gasteiger partial charge in [0.15, 0.2) is 17.3 Å². The quantitative estimate of drug-likeness (QED) is 0.103. The lowest BCUT2D eigenvalue weighted by atomic mass is 10.1. The summed E-state index contributed by atoms with van der Waals surface area (Å²) >= 11 is 7.28. The van der Waals surface area contributed by atoms with Gasteiger partial charge in [0.25, 0.3) is 11.8 Å². The highest BCUT2D eigenvalue weighted by Gasteiger charge is 2.18. The molecular weight excluding hydrogens is 588 g/mol. The molecule has 4 aromatic carbocycles. The molecule has 0 spiro atoms. The van der Waals surface area contributed by atoms with Gasteiger partial charge < -0.3 is 24.8 Å². The number of methoxy groups -OCH3 is 3. The maximum atomic E-state index is 13.5. The van der Waals surface area contributed by atoms with Crippen LogP contribution in [0.2, 0.25) is 5.02 Å². The van der Waals surface area contributed by atoms with Crippen LogP contribution >= 0.6 is 23.4 Å². The molecule has 0 aliphatic heterocycles. The minimum absolute atomic E-state index is 0.0198. The van der Waals surface area contributed by atoms with Crippen LogP contribution in [0.25, 0.3) is 6.08 Å². The topological polar surface area (TPSA) is 103 Å². The maximum Gasteiger partial charge on any atom is 0.272 e. The highest BCUT2D eigenvalue weighted by atomic mass is 35.5. The lowest BCUT2D eigenvalue weighted by molar-refractivity contribution is -0.113. The first-order chi connectivity index (χ1) is 20.8. The Bertz CT molecular complexity index is 1620. The molecule has 0 radical (unpaired) electrons. The molecule has 43 heavy (non-hydrogen) atoms. The van der Waals surface area contributed by atoms with E-state index in [1.165, 1.54) is 39.2 Å². The third kappa shape index (κ3) is 8.41. The summed E-state index contributed by atoms with van der Waals surface area (Å²) < 4.78 is 16.3. The summed E-state index contributed by atoms with van der Waals surface area (Å²) in [6.07, 6.45) is 1.50. The van der Waals surface area contributed by atoms with E-state index in [1.807, 2.05) is 0 Å². The summed E-state index contributed by atoms with van der Waals surface area (Å²) in [5.74, 6) is 0.492. The first kappa shape index (κ1) is 31.2. The molecule has 0 aliphatic rings. The zero-order chi connectivity index (χ0) is 30.8. The Morgan fingerprint density at radius 2 is 1.40 bits per heavy atom. The fourth-order valence-corrected chi connectivity index (χ4v) is 4.88. The SMILES string of the molecule is COc1cc(OC)c(OC)cc1/C=C(\NC(=O)c1ccccc1)C(=O)Nc1ccc(SCC(=O)c2ccc(Cl)cc2)cc1. The number of rotatable bonds is 12. The largest absolute Gasteiger partial charge is 0.496 e. The van der Waals surface area contributed by atoms with Crippen LogP contribution < -0.4 is 24.8 Å². The van der Waals surface area contributed by atoms with Crippen LogP contribution in [-0.4, -0.2) is 44.7 Å². The molecule has 0 heterocycles. The van der Waals surface area contributed by atoms with E-state index in [4.69, 9.17) is 25.8 Å². The number of benzene rings is 4. The second kappa shape index (κ2) is 14.9. The standard InChI is InChI=1S/C33H29ClN2O6S/c1-40-29-19-31(42-3)30(41-2)18-23(29)17-27(36-32(38)22-7-5-4-6-8-22)33(39)35-25-13-15-26(16-14-25)43-20-28(37)21-9-11-24(34)12-10-21/h4-19H,20H2,1-3H3,(H,35,39)(H,36,38)/b27-17-. The zero-order valence-corrected chi connectivity index (χ0v) is 25.3. The predicted octanol–water partition coefficient (Wildman–Crippen LogP) is 6.75. The highest BCUT2D eigenvalue weighted by Crippen LogP contribution is 2.35. The molecule has 220 valence electrons. The third-order valence-corrected chi connectivity index (χ3v) is 7.48. The average Bonchev–Trinajstić information content (AvgIpc) is 3.04. The number of amides is 2. The molecule has 2 N–H and O–H groups in total. The smallest absolute Gasteiger partial charge is 0.272 e. The Kier molecular flexibility index (Phi) is 10.9. The van der Waals surface area contributed by atoms with Gasteiger partial charge in [0, 0.05) is 38.4 Å². The second-order valence-electron chi connectivity index (χ2n) is 9.02. The molecule has 0 aliphatic carbocycles. The van der Waals surface area contributed by atoms with Crippen LogP contribution in [0, 0.1) is 0 Å². The van der Waals surface area contributed by atoms with Gasteiger partial charge >= 0.3 is 0 Å². The molecule has 0 atom stereocenters. The molecule has 0 aromatic heterocycles. The highest BCUT2D eigenvalue weighted by molar-refractivity contribution is 8.00. The summed E-state index contributed by atoms with van der Waals surface area (Å²) in [6, 6.07) is 25.7. The Morgan fingerprint density at radius 3 is 2.02 bits per heavy atom. The first-order valence-electron chi connectivity index (χ1n) is 13.0. The monoisotopic (exact) mass is 616 g/mol. The van der Waals surface area contributed by atoms with Gasteiger partial charge in [0.05, 0.1) is 27.1 Å². The van der Waals surface area contributed by atoms with E-state index in [-0.39, 0.29) is 17.2 Å². The van der Waals surface area contributed by atoms with Gasteiger partial charge in [-0.15, -0.1) is 11.8 Å². The van der Waals surface area contributed by atoms with Crippen molar-refractivity contribution in [3.05, 3.63) is 118 Å². The number of carbonyl (C=O) groups excluding carboxylic acids is 3. The summed E-state index contributed by atoms with van der Waals surface area (Å²) in [4.78, 5) is 39.9. The van der Waals surface area contributed by atoms with E-state index in [0.29, 0.717) is 44.6 Å². The van der Waals surface area contributed by atoms with Crippen molar-refractivity contribution in [2.45, 2.75) is 4.90 Å². The fraction of sp³-hybridized carbons (Fsp3) is 0.121. The Labute approximate surface area is 259 Å². The van der Waals surface area contributed by atoms with Gasteiger partial charge in [-0.1, -0.05) is 29.8 Å². The molecule has 0 saturated carbocycles. The Hall–Kier alpha value is -4.73. The molecular formula is C33H29ClN2O6S. The number of halogens is 1. The van der Waals surface area contributed by atoms with Crippen LogP contribution in [0.4, 0.5) is 5.69 Å². The molecule has 8 nitrogen and oxygen atoms in total. The molecule has 0 fully saturated rings. The molecule has 0 bridgehead atoms. The van der Waals surface area contributed by atoms with Gasteiger partial charge in [-0.25, -0.2) is 0 Å². The Morgan fingerprint density at radius 1 is 0.767 bits per heavy atom. The summed E-state index contributed by atoms with van der Waals surface area (Å²) in [5, 5.41) is 6.11. The second-order valence-corrected chi connectivity index (χ2v) is 10.5. The van der Waals surface area contributed by atoms with Gasteiger partial charge in [-0.3, -0.25) is 14.4 Å². The third-order valence-electron chi connectivity index (χ3n) is 6.21. The molecule has 2 amide bonds. The van der Waals surface area contributed by atoms with Crippen LogP contribution in [0.15, 0.2) is 102 Å². The number of nitrogens with one attached hydrogen (secondary N) is 2. The van der Waals surface area contributed by atoms with Crippen LogP contribution in [0.3, 0.4) is 0 Å². The fourth-order valence-electron chi connectivity index (χ4n) is 3.96. The Balaban J connectivity index is 1.54. The van der Waals surface area contributed by atoms with E-state index >= 15 is 0 Å². The molecule has 4 aromatic rings. The van der Waals surface area contributed by atoms with Gasteiger partial charge in [0.2, 0.25) is 0 Å². The number of anilines is 1. The normalized spacial score (nSPS) is 10.9. The molecule has 0 unspecified atom stereocenters. The average molecular weight is 617 g/mol. The van der Waals surface area contributed by atoms with Crippen molar-refractivity contribution in [3.63, 3.8) is 0 Å². The van der Waals surface area contributed by atoms with Crippen LogP contribution in [0.5, 0.6) is 17.2 Å². The van der Waals surface area contributed by atoms with Crippen molar-refractivity contribution in [1.29, 1.82) is 0 Å². The number of thioether (sulfide) groups is 1. The van der Waals surface area contributed by atoms with Crippen LogP contribution in [0.1, 0.15) is 26.3 Å². The lowest BCUT2D eigenvalue weighted by Crippen LogP contribution is -2.30. The number of ether oxygens (including phenoxy) is 3. The van der Waals surface area contributed by atoms with Crippen molar-refractivity contribution in [1.82, 2.24) is 5.32 Å².